The number of rotatable bonds is 6. The number of nitrogens with two attached hydrogens (primary N) is 1. The summed E-state index contributed by atoms with van der Waals surface area (Å²) in [5.41, 5.74) is 7.30. The van der Waals surface area contributed by atoms with E-state index in [-0.39, 0.29) is 0 Å². The molecule has 2 N–H and O–H groups in total. The molecule has 0 radical (unpaired) electrons. The number of ether oxygens (including phenoxy) is 1. The minimum absolute atomic E-state index is 0.528. The molecule has 20 heavy (non-hydrogen) atoms. The van der Waals surface area contributed by atoms with Crippen LogP contribution in [0.4, 0.5) is 0 Å². The Hall–Kier alpha value is -1.06. The van der Waals surface area contributed by atoms with Gasteiger partial charge in [0.2, 0.25) is 0 Å². The normalized spacial score (nSPS) is 23.8. The van der Waals surface area contributed by atoms with Gasteiger partial charge in [-0.15, -0.1) is 0 Å². The summed E-state index contributed by atoms with van der Waals surface area (Å²) >= 11 is 0. The molecule has 1 saturated heterocycles. The van der Waals surface area contributed by atoms with Crippen molar-refractivity contribution >= 4 is 0 Å². The molecule has 0 aliphatic carbocycles. The second-order valence-corrected chi connectivity index (χ2v) is 5.89. The van der Waals surface area contributed by atoms with Gasteiger partial charge >= 0.3 is 0 Å². The third-order valence-electron chi connectivity index (χ3n) is 4.25. The highest BCUT2D eigenvalue weighted by Crippen LogP contribution is 2.24. The highest BCUT2D eigenvalue weighted by molar-refractivity contribution is 5.27. The average Bonchev–Trinajstić information content (AvgIpc) is 2.47. The third kappa shape index (κ3) is 3.97. The molecule has 3 heteroatoms. The van der Waals surface area contributed by atoms with E-state index in [1.54, 1.807) is 0 Å². The second kappa shape index (κ2) is 7.65. The Morgan fingerprint density at radius 2 is 2.05 bits per heavy atom. The van der Waals surface area contributed by atoms with Crippen LogP contribution in [0.15, 0.2) is 24.3 Å². The summed E-state index contributed by atoms with van der Waals surface area (Å²) in [6, 6.07) is 9.04. The number of piperidine rings is 1. The summed E-state index contributed by atoms with van der Waals surface area (Å²) in [5.74, 6) is 1.68. The molecule has 1 aromatic carbocycles. The van der Waals surface area contributed by atoms with Gasteiger partial charge in [-0.2, -0.15) is 0 Å². The van der Waals surface area contributed by atoms with Crippen LogP contribution in [0.5, 0.6) is 5.75 Å². The largest absolute Gasteiger partial charge is 0.494 e. The summed E-state index contributed by atoms with van der Waals surface area (Å²) < 4.78 is 5.63. The summed E-state index contributed by atoms with van der Waals surface area (Å²) in [7, 11) is 0. The van der Waals surface area contributed by atoms with E-state index in [0.717, 1.165) is 31.9 Å². The lowest BCUT2D eigenvalue weighted by Gasteiger charge is -2.39. The Labute approximate surface area is 123 Å². The first kappa shape index (κ1) is 15.3. The SMILES string of the molecule is CCCOc1ccc(CN2CCCC(C)C2CN)cc1. The topological polar surface area (TPSA) is 38.5 Å². The molecule has 0 amide bonds. The van der Waals surface area contributed by atoms with E-state index in [1.165, 1.54) is 24.9 Å². The third-order valence-corrected chi connectivity index (χ3v) is 4.25. The fourth-order valence-electron chi connectivity index (χ4n) is 3.06. The van der Waals surface area contributed by atoms with Crippen molar-refractivity contribution in [3.63, 3.8) is 0 Å². The summed E-state index contributed by atoms with van der Waals surface area (Å²) in [5, 5.41) is 0. The van der Waals surface area contributed by atoms with Crippen molar-refractivity contribution < 1.29 is 4.74 Å². The smallest absolute Gasteiger partial charge is 0.119 e. The van der Waals surface area contributed by atoms with E-state index in [0.29, 0.717) is 12.0 Å². The van der Waals surface area contributed by atoms with E-state index in [1.807, 2.05) is 0 Å². The van der Waals surface area contributed by atoms with E-state index in [9.17, 15) is 0 Å². The summed E-state index contributed by atoms with van der Waals surface area (Å²) in [6.07, 6.45) is 3.64. The second-order valence-electron chi connectivity index (χ2n) is 5.89. The molecule has 2 rings (SSSR count). The lowest BCUT2D eigenvalue weighted by molar-refractivity contribution is 0.0990. The maximum atomic E-state index is 5.96. The molecule has 0 bridgehead atoms. The molecular formula is C17H28N2O. The number of benzene rings is 1. The molecule has 3 nitrogen and oxygen atoms in total. The van der Waals surface area contributed by atoms with Gasteiger partial charge in [0.05, 0.1) is 6.61 Å². The lowest BCUT2D eigenvalue weighted by atomic mass is 9.90. The molecule has 1 aliphatic rings. The van der Waals surface area contributed by atoms with Crippen LogP contribution in [-0.2, 0) is 6.54 Å². The van der Waals surface area contributed by atoms with Crippen LogP contribution in [0.3, 0.4) is 0 Å². The van der Waals surface area contributed by atoms with Gasteiger partial charge in [-0.3, -0.25) is 4.90 Å². The van der Waals surface area contributed by atoms with E-state index < -0.39 is 0 Å². The molecule has 0 spiro atoms. The summed E-state index contributed by atoms with van der Waals surface area (Å²) in [6.45, 7) is 8.17. The number of hydrogen-bond acceptors (Lipinski definition) is 3. The predicted octanol–water partition coefficient (Wildman–Crippen LogP) is 3.03. The van der Waals surface area contributed by atoms with Crippen LogP contribution in [0.2, 0.25) is 0 Å². The van der Waals surface area contributed by atoms with Crippen LogP contribution >= 0.6 is 0 Å². The van der Waals surface area contributed by atoms with E-state index >= 15 is 0 Å². The Balaban J connectivity index is 1.94. The fourth-order valence-corrected chi connectivity index (χ4v) is 3.06. The van der Waals surface area contributed by atoms with Gasteiger partial charge < -0.3 is 10.5 Å². The Morgan fingerprint density at radius 1 is 1.30 bits per heavy atom. The molecule has 0 saturated carbocycles. The monoisotopic (exact) mass is 276 g/mol. The highest BCUT2D eigenvalue weighted by atomic mass is 16.5. The molecule has 1 aromatic rings. The molecule has 0 aromatic heterocycles. The average molecular weight is 276 g/mol. The lowest BCUT2D eigenvalue weighted by Crippen LogP contribution is -2.47. The highest BCUT2D eigenvalue weighted by Gasteiger charge is 2.27. The quantitative estimate of drug-likeness (QED) is 0.868. The number of likely N-dealkylation sites (tertiary alicyclic amines) is 1. The Morgan fingerprint density at radius 3 is 2.70 bits per heavy atom. The van der Waals surface area contributed by atoms with Gasteiger partial charge in [0.1, 0.15) is 5.75 Å². The summed E-state index contributed by atoms with van der Waals surface area (Å²) in [4.78, 5) is 2.54. The standard InChI is InChI=1S/C17H28N2O/c1-3-11-20-16-8-6-15(7-9-16)13-19-10-4-5-14(2)17(19)12-18/h6-9,14,17H,3-5,10-13,18H2,1-2H3. The Kier molecular flexibility index (Phi) is 5.86. The van der Waals surface area contributed by atoms with Crippen LogP contribution < -0.4 is 10.5 Å². The molecule has 112 valence electrons. The van der Waals surface area contributed by atoms with Crippen LogP contribution in [0, 0.1) is 5.92 Å². The maximum absolute atomic E-state index is 5.96. The van der Waals surface area contributed by atoms with Gasteiger partial charge in [-0.25, -0.2) is 0 Å². The molecule has 1 fully saturated rings. The fraction of sp³-hybridized carbons (Fsp3) is 0.647. The minimum atomic E-state index is 0.528. The van der Waals surface area contributed by atoms with E-state index in [4.69, 9.17) is 10.5 Å². The van der Waals surface area contributed by atoms with Crippen molar-refractivity contribution in [3.8, 4) is 5.75 Å². The van der Waals surface area contributed by atoms with Crippen molar-refractivity contribution in [2.45, 2.75) is 45.7 Å². The van der Waals surface area contributed by atoms with Gasteiger partial charge in [0.15, 0.2) is 0 Å². The van der Waals surface area contributed by atoms with Crippen LogP contribution in [-0.4, -0.2) is 30.6 Å². The van der Waals surface area contributed by atoms with Crippen molar-refractivity contribution in [2.24, 2.45) is 11.7 Å². The molecule has 1 heterocycles. The van der Waals surface area contributed by atoms with Gasteiger partial charge in [0, 0.05) is 19.1 Å². The Bertz CT molecular complexity index is 390. The molecule has 1 aliphatic heterocycles. The minimum Gasteiger partial charge on any atom is -0.494 e. The first-order chi connectivity index (χ1) is 9.74. The molecular weight excluding hydrogens is 248 g/mol. The number of nitrogens with zero attached hydrogens (tertiary/aromatic N) is 1. The van der Waals surface area contributed by atoms with Crippen LogP contribution in [0.1, 0.15) is 38.7 Å². The zero-order chi connectivity index (χ0) is 14.4. The zero-order valence-corrected chi connectivity index (χ0v) is 12.8. The predicted molar refractivity (Wildman–Crippen MR) is 83.9 cm³/mol. The first-order valence-corrected chi connectivity index (χ1v) is 7.90. The van der Waals surface area contributed by atoms with E-state index in [2.05, 4.69) is 43.0 Å². The van der Waals surface area contributed by atoms with Crippen LogP contribution in [0.25, 0.3) is 0 Å². The van der Waals surface area contributed by atoms with Crippen molar-refractivity contribution in [1.82, 2.24) is 4.90 Å². The van der Waals surface area contributed by atoms with Crippen molar-refractivity contribution in [2.75, 3.05) is 19.7 Å². The maximum Gasteiger partial charge on any atom is 0.119 e. The van der Waals surface area contributed by atoms with Crippen molar-refractivity contribution in [1.29, 1.82) is 0 Å². The molecule has 2 atom stereocenters. The van der Waals surface area contributed by atoms with Gasteiger partial charge in [0.25, 0.3) is 0 Å². The van der Waals surface area contributed by atoms with Crippen molar-refractivity contribution in [3.05, 3.63) is 29.8 Å². The number of hydrogen-bond donors (Lipinski definition) is 1. The molecule has 2 unspecified atom stereocenters. The van der Waals surface area contributed by atoms with Gasteiger partial charge in [-0.05, 0) is 49.4 Å². The van der Waals surface area contributed by atoms with Gasteiger partial charge in [-0.1, -0.05) is 26.0 Å². The first-order valence-electron chi connectivity index (χ1n) is 7.90. The zero-order valence-electron chi connectivity index (χ0n) is 12.8.